The van der Waals surface area contributed by atoms with Gasteiger partial charge in [0.05, 0.1) is 0 Å². The monoisotopic (exact) mass is 304 g/mol. The summed E-state index contributed by atoms with van der Waals surface area (Å²) < 4.78 is 4.72. The van der Waals surface area contributed by atoms with Crippen LogP contribution in [0.15, 0.2) is 30.3 Å². The Balaban J connectivity index is 0.000000220. The molecule has 118 valence electrons. The number of esters is 1. The van der Waals surface area contributed by atoms with Crippen molar-refractivity contribution >= 4 is 5.97 Å². The van der Waals surface area contributed by atoms with Crippen LogP contribution in [-0.2, 0) is 4.79 Å². The number of aromatic hydroxyl groups is 3. The molecule has 5 nitrogen and oxygen atoms in total. The van der Waals surface area contributed by atoms with Gasteiger partial charge in [0.25, 0.3) is 0 Å². The van der Waals surface area contributed by atoms with E-state index in [2.05, 4.69) is 0 Å². The van der Waals surface area contributed by atoms with Gasteiger partial charge in [-0.1, -0.05) is 0 Å². The third-order valence-electron chi connectivity index (χ3n) is 3.13. The zero-order valence-electron chi connectivity index (χ0n) is 13.0. The van der Waals surface area contributed by atoms with E-state index >= 15 is 0 Å². The fourth-order valence-electron chi connectivity index (χ4n) is 1.73. The van der Waals surface area contributed by atoms with Gasteiger partial charge in [0.15, 0.2) is 0 Å². The Hall–Kier alpha value is -2.69. The van der Waals surface area contributed by atoms with Gasteiger partial charge in [0.1, 0.15) is 23.0 Å². The molecular formula is C17H20O5. The van der Waals surface area contributed by atoms with Gasteiger partial charge in [-0.25, -0.2) is 0 Å². The zero-order valence-corrected chi connectivity index (χ0v) is 13.0. The van der Waals surface area contributed by atoms with E-state index in [1.165, 1.54) is 31.2 Å². The van der Waals surface area contributed by atoms with Crippen LogP contribution in [0.4, 0.5) is 0 Å². The molecule has 0 heterocycles. The van der Waals surface area contributed by atoms with E-state index < -0.39 is 0 Å². The van der Waals surface area contributed by atoms with E-state index in [1.807, 2.05) is 0 Å². The first-order valence-electron chi connectivity index (χ1n) is 6.68. The standard InChI is InChI=1S/C9H12O2.C8H8O3/c1-5-4-8(10)6(2)7(3)9(5)11;1-6(9)11-8-4-2-7(10)3-5-8/h4,10-11H,1-3H3;2-5,10H,1H3. The maximum atomic E-state index is 10.4. The van der Waals surface area contributed by atoms with Crippen molar-refractivity contribution in [3.8, 4) is 23.0 Å². The summed E-state index contributed by atoms with van der Waals surface area (Å²) in [5, 5.41) is 27.5. The van der Waals surface area contributed by atoms with Crippen LogP contribution in [0.25, 0.3) is 0 Å². The molecule has 0 aromatic heterocycles. The highest BCUT2D eigenvalue weighted by Crippen LogP contribution is 2.30. The van der Waals surface area contributed by atoms with Crippen molar-refractivity contribution < 1.29 is 24.9 Å². The smallest absolute Gasteiger partial charge is 0.308 e. The molecule has 5 heteroatoms. The highest BCUT2D eigenvalue weighted by molar-refractivity contribution is 5.69. The van der Waals surface area contributed by atoms with Gasteiger partial charge in [-0.2, -0.15) is 0 Å². The minimum absolute atomic E-state index is 0.154. The van der Waals surface area contributed by atoms with Crippen molar-refractivity contribution in [2.75, 3.05) is 0 Å². The Bertz CT molecular complexity index is 633. The molecular weight excluding hydrogens is 284 g/mol. The summed E-state index contributed by atoms with van der Waals surface area (Å²) >= 11 is 0. The van der Waals surface area contributed by atoms with Crippen LogP contribution in [0.2, 0.25) is 0 Å². The second-order valence-corrected chi connectivity index (χ2v) is 4.90. The molecule has 0 amide bonds. The molecule has 0 bridgehead atoms. The Morgan fingerprint density at radius 2 is 1.50 bits per heavy atom. The minimum atomic E-state index is -0.365. The van der Waals surface area contributed by atoms with E-state index in [0.29, 0.717) is 11.3 Å². The molecule has 0 saturated heterocycles. The van der Waals surface area contributed by atoms with Gasteiger partial charge in [0.2, 0.25) is 0 Å². The highest BCUT2D eigenvalue weighted by atomic mass is 16.5. The van der Waals surface area contributed by atoms with E-state index in [1.54, 1.807) is 26.8 Å². The quantitative estimate of drug-likeness (QED) is 0.427. The molecule has 3 N–H and O–H groups in total. The molecule has 2 aromatic rings. The first-order valence-corrected chi connectivity index (χ1v) is 6.68. The predicted octanol–water partition coefficient (Wildman–Crippen LogP) is 3.34. The fraction of sp³-hybridized carbons (Fsp3) is 0.235. The molecule has 0 radical (unpaired) electrons. The lowest BCUT2D eigenvalue weighted by molar-refractivity contribution is -0.131. The normalized spacial score (nSPS) is 9.64. The second-order valence-electron chi connectivity index (χ2n) is 4.90. The van der Waals surface area contributed by atoms with Gasteiger partial charge in [-0.3, -0.25) is 4.79 Å². The van der Waals surface area contributed by atoms with Crippen molar-refractivity contribution in [1.82, 2.24) is 0 Å². The van der Waals surface area contributed by atoms with Crippen molar-refractivity contribution in [2.24, 2.45) is 0 Å². The number of phenolic OH excluding ortho intramolecular Hbond substituents is 3. The molecule has 0 unspecified atom stereocenters. The summed E-state index contributed by atoms with van der Waals surface area (Å²) in [6.45, 7) is 6.66. The van der Waals surface area contributed by atoms with Crippen molar-refractivity contribution in [2.45, 2.75) is 27.7 Å². The maximum Gasteiger partial charge on any atom is 0.308 e. The van der Waals surface area contributed by atoms with Crippen LogP contribution >= 0.6 is 0 Å². The molecule has 0 fully saturated rings. The number of hydrogen-bond donors (Lipinski definition) is 3. The minimum Gasteiger partial charge on any atom is -0.508 e. The van der Waals surface area contributed by atoms with Crippen molar-refractivity contribution in [3.05, 3.63) is 47.0 Å². The number of phenols is 3. The zero-order chi connectivity index (χ0) is 16.9. The van der Waals surface area contributed by atoms with Crippen molar-refractivity contribution in [1.29, 1.82) is 0 Å². The van der Waals surface area contributed by atoms with Crippen LogP contribution < -0.4 is 4.74 Å². The first-order chi connectivity index (χ1) is 10.2. The Kier molecular flexibility index (Phi) is 5.81. The molecule has 0 aliphatic heterocycles. The average molecular weight is 304 g/mol. The first kappa shape index (κ1) is 17.4. The lowest BCUT2D eigenvalue weighted by Gasteiger charge is -2.07. The van der Waals surface area contributed by atoms with Gasteiger partial charge < -0.3 is 20.1 Å². The Morgan fingerprint density at radius 3 is 2.00 bits per heavy atom. The summed E-state index contributed by atoms with van der Waals surface area (Å²) in [5.74, 6) is 0.755. The predicted molar refractivity (Wildman–Crippen MR) is 83.4 cm³/mol. The maximum absolute atomic E-state index is 10.4. The largest absolute Gasteiger partial charge is 0.508 e. The van der Waals surface area contributed by atoms with Crippen molar-refractivity contribution in [3.63, 3.8) is 0 Å². The van der Waals surface area contributed by atoms with E-state index in [-0.39, 0.29) is 23.2 Å². The SMILES string of the molecule is CC(=O)Oc1ccc(O)cc1.Cc1cc(O)c(C)c(C)c1O. The fourth-order valence-corrected chi connectivity index (χ4v) is 1.73. The number of rotatable bonds is 1. The van der Waals surface area contributed by atoms with Crippen LogP contribution in [0, 0.1) is 20.8 Å². The second kappa shape index (κ2) is 7.36. The number of benzene rings is 2. The molecule has 0 spiro atoms. The molecule has 2 aromatic carbocycles. The number of aryl methyl sites for hydroxylation is 1. The number of ether oxygens (including phenoxy) is 1. The summed E-state index contributed by atoms with van der Waals surface area (Å²) in [4.78, 5) is 10.4. The number of carbonyl (C=O) groups excluding carboxylic acids is 1. The van der Waals surface area contributed by atoms with Crippen LogP contribution in [-0.4, -0.2) is 21.3 Å². The summed E-state index contributed by atoms with van der Waals surface area (Å²) in [6, 6.07) is 7.53. The van der Waals surface area contributed by atoms with E-state index in [9.17, 15) is 15.0 Å². The number of hydrogen-bond acceptors (Lipinski definition) is 5. The molecule has 0 saturated carbocycles. The highest BCUT2D eigenvalue weighted by Gasteiger charge is 2.06. The summed E-state index contributed by atoms with van der Waals surface area (Å²) in [7, 11) is 0. The van der Waals surface area contributed by atoms with Crippen LogP contribution in [0.1, 0.15) is 23.6 Å². The average Bonchev–Trinajstić information content (AvgIpc) is 2.46. The lowest BCUT2D eigenvalue weighted by Crippen LogP contribution is -2.00. The summed E-state index contributed by atoms with van der Waals surface area (Å²) in [6.07, 6.45) is 0. The third-order valence-corrected chi connectivity index (χ3v) is 3.13. The third kappa shape index (κ3) is 4.70. The number of carbonyl (C=O) groups is 1. The van der Waals surface area contributed by atoms with Gasteiger partial charge in [0, 0.05) is 6.92 Å². The lowest BCUT2D eigenvalue weighted by atomic mass is 10.0. The molecule has 0 aliphatic rings. The molecule has 2 rings (SSSR count). The van der Waals surface area contributed by atoms with Crippen LogP contribution in [0.3, 0.4) is 0 Å². The molecule has 0 aliphatic carbocycles. The Labute approximate surface area is 129 Å². The van der Waals surface area contributed by atoms with E-state index in [4.69, 9.17) is 9.84 Å². The van der Waals surface area contributed by atoms with Crippen LogP contribution in [0.5, 0.6) is 23.0 Å². The Morgan fingerprint density at radius 1 is 0.955 bits per heavy atom. The molecule has 22 heavy (non-hydrogen) atoms. The molecule has 0 atom stereocenters. The van der Waals surface area contributed by atoms with E-state index in [0.717, 1.165) is 11.1 Å². The van der Waals surface area contributed by atoms with Gasteiger partial charge >= 0.3 is 5.97 Å². The van der Waals surface area contributed by atoms with Gasteiger partial charge in [-0.15, -0.1) is 0 Å². The van der Waals surface area contributed by atoms with Gasteiger partial charge in [-0.05, 0) is 67.8 Å². The topological polar surface area (TPSA) is 87.0 Å². The summed E-state index contributed by atoms with van der Waals surface area (Å²) in [5.41, 5.74) is 2.21.